The van der Waals surface area contributed by atoms with Crippen molar-refractivity contribution in [1.82, 2.24) is 10.2 Å². The Kier molecular flexibility index (Phi) is 13.1. The molecule has 2 aromatic carbocycles. The largest absolute Gasteiger partial charge is 0.369 e. The van der Waals surface area contributed by atoms with Gasteiger partial charge in [0.25, 0.3) is 0 Å². The van der Waals surface area contributed by atoms with Gasteiger partial charge in [-0.1, -0.05) is 66.5 Å². The van der Waals surface area contributed by atoms with E-state index in [4.69, 9.17) is 27.9 Å². The third-order valence-corrected chi connectivity index (χ3v) is 4.92. The Balaban J connectivity index is 0.000000372. The number of rotatable bonds is 5. The Bertz CT molecular complexity index is 739. The number of halogens is 2. The number of likely N-dealkylation sites (N-methyl/N-ethyl adjacent to an activating group) is 1. The van der Waals surface area contributed by atoms with Gasteiger partial charge in [0.1, 0.15) is 6.61 Å². The van der Waals surface area contributed by atoms with Crippen molar-refractivity contribution in [3.05, 3.63) is 82.9 Å². The van der Waals surface area contributed by atoms with E-state index in [-0.39, 0.29) is 24.6 Å². The van der Waals surface area contributed by atoms with Gasteiger partial charge >= 0.3 is 0 Å². The molecule has 1 fully saturated rings. The van der Waals surface area contributed by atoms with E-state index in [0.29, 0.717) is 11.6 Å². The molecule has 4 nitrogen and oxygen atoms in total. The van der Waals surface area contributed by atoms with Crippen molar-refractivity contribution < 1.29 is 9.53 Å². The number of benzene rings is 2. The molecule has 0 aliphatic carbocycles. The van der Waals surface area contributed by atoms with Crippen molar-refractivity contribution in [1.29, 1.82) is 0 Å². The van der Waals surface area contributed by atoms with Crippen LogP contribution in [0.2, 0.25) is 10.0 Å². The lowest BCUT2D eigenvalue weighted by Gasteiger charge is -2.41. The average molecular weight is 451 g/mol. The van der Waals surface area contributed by atoms with E-state index in [1.807, 2.05) is 73.5 Å². The zero-order valence-corrected chi connectivity index (χ0v) is 19.5. The number of allylic oxidation sites excluding steroid dienone is 1. The van der Waals surface area contributed by atoms with Crippen LogP contribution in [0.3, 0.4) is 0 Å². The summed E-state index contributed by atoms with van der Waals surface area (Å²) in [5, 5.41) is 4.66. The lowest BCUT2D eigenvalue weighted by atomic mass is 10.0. The van der Waals surface area contributed by atoms with Crippen LogP contribution < -0.4 is 5.32 Å². The monoisotopic (exact) mass is 450 g/mol. The van der Waals surface area contributed by atoms with Gasteiger partial charge in [-0.3, -0.25) is 4.79 Å². The van der Waals surface area contributed by atoms with Gasteiger partial charge in [0.2, 0.25) is 5.91 Å². The highest BCUT2D eigenvalue weighted by molar-refractivity contribution is 6.30. The van der Waals surface area contributed by atoms with E-state index in [1.165, 1.54) is 0 Å². The topological polar surface area (TPSA) is 41.6 Å². The van der Waals surface area contributed by atoms with Gasteiger partial charge in [0.15, 0.2) is 0 Å². The second-order valence-corrected chi connectivity index (χ2v) is 7.58. The molecule has 0 radical (unpaired) electrons. The minimum Gasteiger partial charge on any atom is -0.369 e. The normalized spacial score (nSPS) is 16.5. The van der Waals surface area contributed by atoms with Crippen LogP contribution in [0, 0.1) is 0 Å². The van der Waals surface area contributed by atoms with E-state index in [9.17, 15) is 4.79 Å². The van der Waals surface area contributed by atoms with E-state index >= 15 is 0 Å². The molecule has 3 rings (SSSR count). The summed E-state index contributed by atoms with van der Waals surface area (Å²) in [5.41, 5.74) is 1.07. The number of ether oxygens (including phenoxy) is 1. The molecule has 1 saturated heterocycles. The first-order valence-electron chi connectivity index (χ1n) is 10.0. The Morgan fingerprint density at radius 1 is 1.17 bits per heavy atom. The van der Waals surface area contributed by atoms with Crippen LogP contribution in [0.15, 0.2) is 67.3 Å². The van der Waals surface area contributed by atoms with Crippen LogP contribution in [0.5, 0.6) is 0 Å². The van der Waals surface area contributed by atoms with E-state index < -0.39 is 0 Å². The molecule has 0 bridgehead atoms. The zero-order chi connectivity index (χ0) is 22.4. The second-order valence-electron chi connectivity index (χ2n) is 6.71. The van der Waals surface area contributed by atoms with Crippen molar-refractivity contribution in [2.24, 2.45) is 0 Å². The fraction of sp³-hybridized carbons (Fsp3) is 0.375. The highest BCUT2D eigenvalue weighted by Gasteiger charge is 2.34. The van der Waals surface area contributed by atoms with Crippen molar-refractivity contribution in [3.8, 4) is 0 Å². The van der Waals surface area contributed by atoms with E-state index in [2.05, 4.69) is 18.8 Å². The number of hydrogen-bond acceptors (Lipinski definition) is 3. The number of morpholine rings is 1. The van der Waals surface area contributed by atoms with Gasteiger partial charge in [0.05, 0.1) is 12.6 Å². The van der Waals surface area contributed by atoms with Crippen LogP contribution in [-0.2, 0) is 9.53 Å². The maximum atomic E-state index is 12.3. The molecule has 1 heterocycles. The molecule has 2 aromatic rings. The number of nitrogens with zero attached hydrogens (tertiary/aromatic N) is 1. The van der Waals surface area contributed by atoms with Crippen molar-refractivity contribution in [3.63, 3.8) is 0 Å². The number of carbonyl (C=O) groups is 1. The molecule has 1 aliphatic rings. The number of nitrogens with one attached hydrogen (secondary N) is 1. The minimum absolute atomic E-state index is 0.0354. The molecule has 2 unspecified atom stereocenters. The van der Waals surface area contributed by atoms with Gasteiger partial charge in [-0.05, 0) is 50.2 Å². The summed E-state index contributed by atoms with van der Waals surface area (Å²) in [5.74, 6) is 0.0540. The van der Waals surface area contributed by atoms with Crippen LogP contribution in [0.25, 0.3) is 0 Å². The van der Waals surface area contributed by atoms with Crippen molar-refractivity contribution in [2.75, 3.05) is 26.8 Å². The van der Waals surface area contributed by atoms with Gasteiger partial charge < -0.3 is 15.0 Å². The summed E-state index contributed by atoms with van der Waals surface area (Å²) in [7, 11) is 1.91. The molecule has 0 saturated carbocycles. The van der Waals surface area contributed by atoms with Crippen molar-refractivity contribution >= 4 is 29.1 Å². The number of hydrogen-bond donors (Lipinski definition) is 1. The highest BCUT2D eigenvalue weighted by Crippen LogP contribution is 2.28. The van der Waals surface area contributed by atoms with Gasteiger partial charge in [-0.2, -0.15) is 0 Å². The Hall–Kier alpha value is -1.85. The molecule has 1 aliphatic heterocycles. The molecule has 0 aromatic heterocycles. The first-order valence-corrected chi connectivity index (χ1v) is 10.8. The predicted octanol–water partition coefficient (Wildman–Crippen LogP) is 5.77. The Morgan fingerprint density at radius 3 is 2.20 bits per heavy atom. The maximum absolute atomic E-state index is 12.3. The summed E-state index contributed by atoms with van der Waals surface area (Å²) in [6, 6.07) is 17.2. The fourth-order valence-corrected chi connectivity index (χ4v) is 3.35. The van der Waals surface area contributed by atoms with Gasteiger partial charge in [0, 0.05) is 22.6 Å². The van der Waals surface area contributed by atoms with Crippen LogP contribution in [-0.4, -0.2) is 43.7 Å². The smallest absolute Gasteiger partial charge is 0.249 e. The lowest BCUT2D eigenvalue weighted by Crippen LogP contribution is -2.52. The SMILES string of the molecule is C=CC.CCC(CNC)N1C(=O)COCC1c1ccc(Cl)cc1.Clc1ccccc1. The summed E-state index contributed by atoms with van der Waals surface area (Å²) >= 11 is 11.5. The maximum Gasteiger partial charge on any atom is 0.249 e. The van der Waals surface area contributed by atoms with Gasteiger partial charge in [-0.15, -0.1) is 6.58 Å². The quantitative estimate of drug-likeness (QED) is 0.587. The standard InChI is InChI=1S/C15H21ClN2O2.C6H5Cl.C3H6/c1-3-13(8-17-2)18-14(9-20-10-15(18)19)11-4-6-12(16)7-5-11;7-6-4-2-1-3-5-6;1-3-2/h4-7,13-14,17H,3,8-10H2,1-2H3;1-5H;3H,1H2,2H3. The molecule has 6 heteroatoms. The molecule has 0 spiro atoms. The fourth-order valence-electron chi connectivity index (χ4n) is 3.08. The third-order valence-electron chi connectivity index (χ3n) is 4.42. The van der Waals surface area contributed by atoms with E-state index in [1.54, 1.807) is 6.08 Å². The summed E-state index contributed by atoms with van der Waals surface area (Å²) < 4.78 is 5.44. The molecule has 1 amide bonds. The highest BCUT2D eigenvalue weighted by atomic mass is 35.5. The molecule has 2 atom stereocenters. The van der Waals surface area contributed by atoms with Crippen LogP contribution in [0.1, 0.15) is 31.9 Å². The average Bonchev–Trinajstić information content (AvgIpc) is 2.74. The molecular formula is C24H32Cl2N2O2. The Labute approximate surface area is 190 Å². The predicted molar refractivity (Wildman–Crippen MR) is 127 cm³/mol. The number of carbonyl (C=O) groups excluding carboxylic acids is 1. The van der Waals surface area contributed by atoms with Crippen LogP contribution >= 0.6 is 23.2 Å². The Morgan fingerprint density at radius 2 is 1.73 bits per heavy atom. The number of amides is 1. The first-order chi connectivity index (χ1) is 14.5. The van der Waals surface area contributed by atoms with Crippen LogP contribution in [0.4, 0.5) is 0 Å². The molecular weight excluding hydrogens is 419 g/mol. The summed E-state index contributed by atoms with van der Waals surface area (Å²) in [4.78, 5) is 14.2. The first kappa shape index (κ1) is 26.2. The lowest BCUT2D eigenvalue weighted by molar-refractivity contribution is -0.152. The minimum atomic E-state index is -0.0354. The van der Waals surface area contributed by atoms with E-state index in [0.717, 1.165) is 23.6 Å². The molecule has 30 heavy (non-hydrogen) atoms. The summed E-state index contributed by atoms with van der Waals surface area (Å²) in [6.07, 6.45) is 2.66. The second kappa shape index (κ2) is 15.0. The van der Waals surface area contributed by atoms with Crippen molar-refractivity contribution in [2.45, 2.75) is 32.4 Å². The summed E-state index contributed by atoms with van der Waals surface area (Å²) in [6.45, 7) is 8.84. The molecule has 1 N–H and O–H groups in total. The third kappa shape index (κ3) is 8.88. The van der Waals surface area contributed by atoms with Gasteiger partial charge in [-0.25, -0.2) is 0 Å². The molecule has 164 valence electrons. The zero-order valence-electron chi connectivity index (χ0n) is 18.0.